The van der Waals surface area contributed by atoms with Gasteiger partial charge in [-0.1, -0.05) is 24.3 Å². The molecule has 0 saturated heterocycles. The Morgan fingerprint density at radius 1 is 1.06 bits per heavy atom. The van der Waals surface area contributed by atoms with Gasteiger partial charge in [0.15, 0.2) is 0 Å². The van der Waals surface area contributed by atoms with E-state index in [1.165, 1.54) is 0 Å². The average Bonchev–Trinajstić information content (AvgIpc) is 3.38. The predicted octanol–water partition coefficient (Wildman–Crippen LogP) is 2.77. The third-order valence-electron chi connectivity index (χ3n) is 6.36. The van der Waals surface area contributed by atoms with Crippen molar-refractivity contribution in [3.8, 4) is 10.6 Å². The number of nitrogens with one attached hydrogen (secondary N) is 2. The maximum absolute atomic E-state index is 10.6. The van der Waals surface area contributed by atoms with Crippen LogP contribution in [0.2, 0.25) is 0 Å². The number of hydrogen-bond donors (Lipinski definition) is 6. The Morgan fingerprint density at radius 2 is 1.89 bits per heavy atom. The molecule has 1 saturated carbocycles. The number of aliphatic hydroxyl groups excluding tert-OH is 3. The van der Waals surface area contributed by atoms with E-state index < -0.39 is 24.2 Å². The molecular formula is C25H28N6O3S. The van der Waals surface area contributed by atoms with E-state index >= 15 is 0 Å². The average molecular weight is 493 g/mol. The Bertz CT molecular complexity index is 1310. The highest BCUT2D eigenvalue weighted by molar-refractivity contribution is 7.21. The van der Waals surface area contributed by atoms with E-state index in [1.54, 1.807) is 11.3 Å². The molecule has 10 heteroatoms. The van der Waals surface area contributed by atoms with Crippen molar-refractivity contribution in [2.24, 2.45) is 5.92 Å². The monoisotopic (exact) mass is 492 g/mol. The lowest BCUT2D eigenvalue weighted by Crippen LogP contribution is -2.35. The first-order valence-electron chi connectivity index (χ1n) is 11.5. The van der Waals surface area contributed by atoms with Crippen LogP contribution in [-0.2, 0) is 6.54 Å². The number of fused-ring (bicyclic) bond motifs is 1. The van der Waals surface area contributed by atoms with Crippen LogP contribution in [0.15, 0.2) is 48.5 Å². The zero-order valence-electron chi connectivity index (χ0n) is 19.2. The van der Waals surface area contributed by atoms with Gasteiger partial charge in [-0.05, 0) is 43.2 Å². The molecule has 1 aliphatic carbocycles. The summed E-state index contributed by atoms with van der Waals surface area (Å²) in [6.07, 6.45) is -1.63. The van der Waals surface area contributed by atoms with E-state index in [9.17, 15) is 15.3 Å². The Morgan fingerprint density at radius 3 is 2.63 bits per heavy atom. The number of nitrogens with zero attached hydrogens (tertiary/aromatic N) is 3. The Hall–Kier alpha value is -3.31. The minimum absolute atomic E-state index is 0.197. The summed E-state index contributed by atoms with van der Waals surface area (Å²) in [5, 5.41) is 37.8. The van der Waals surface area contributed by atoms with Gasteiger partial charge >= 0.3 is 0 Å². The van der Waals surface area contributed by atoms with Crippen LogP contribution in [0.3, 0.4) is 0 Å². The molecule has 0 amide bonds. The molecule has 0 spiro atoms. The van der Waals surface area contributed by atoms with Crippen LogP contribution in [0.4, 0.5) is 17.5 Å². The fourth-order valence-electron chi connectivity index (χ4n) is 4.50. The Kier molecular flexibility index (Phi) is 6.52. The third kappa shape index (κ3) is 4.78. The number of rotatable bonds is 7. The molecule has 182 valence electrons. The summed E-state index contributed by atoms with van der Waals surface area (Å²) in [6.45, 7) is 2.19. The van der Waals surface area contributed by atoms with Crippen LogP contribution in [0.1, 0.15) is 17.7 Å². The lowest BCUT2D eigenvalue weighted by atomic mass is 10.1. The van der Waals surface area contributed by atoms with Crippen molar-refractivity contribution in [3.63, 3.8) is 0 Å². The van der Waals surface area contributed by atoms with E-state index in [2.05, 4.69) is 15.6 Å². The second-order valence-corrected chi connectivity index (χ2v) is 9.88. The lowest BCUT2D eigenvalue weighted by Gasteiger charge is -2.21. The van der Waals surface area contributed by atoms with Gasteiger partial charge in [-0.25, -0.2) is 9.97 Å². The summed E-state index contributed by atoms with van der Waals surface area (Å²) in [5.74, 6) is 0.531. The van der Waals surface area contributed by atoms with E-state index in [0.717, 1.165) is 32.0 Å². The Labute approximate surface area is 206 Å². The second kappa shape index (κ2) is 9.74. The summed E-state index contributed by atoms with van der Waals surface area (Å²) >= 11 is 1.54. The van der Waals surface area contributed by atoms with Gasteiger partial charge in [0.25, 0.3) is 0 Å². The molecule has 4 aromatic rings. The summed E-state index contributed by atoms with van der Waals surface area (Å²) < 4.78 is 1.05. The number of para-hydroxylation sites is 1. The highest BCUT2D eigenvalue weighted by Crippen LogP contribution is 2.38. The van der Waals surface area contributed by atoms with Gasteiger partial charge in [-0.3, -0.25) is 0 Å². The van der Waals surface area contributed by atoms with E-state index in [0.29, 0.717) is 30.4 Å². The number of hydrogen-bond acceptors (Lipinski definition) is 10. The molecule has 0 bridgehead atoms. The van der Waals surface area contributed by atoms with Crippen molar-refractivity contribution in [3.05, 3.63) is 59.8 Å². The lowest BCUT2D eigenvalue weighted by molar-refractivity contribution is 0.00446. The quantitative estimate of drug-likeness (QED) is 0.214. The molecule has 2 heterocycles. The maximum atomic E-state index is 10.6. The molecule has 9 nitrogen and oxygen atoms in total. The van der Waals surface area contributed by atoms with Crippen LogP contribution in [0, 0.1) is 12.8 Å². The molecule has 0 aliphatic heterocycles. The van der Waals surface area contributed by atoms with Crippen LogP contribution < -0.4 is 16.4 Å². The number of thiazole rings is 1. The smallest absolute Gasteiger partial charge is 0.225 e. The van der Waals surface area contributed by atoms with Crippen molar-refractivity contribution in [1.29, 1.82) is 0 Å². The molecule has 35 heavy (non-hydrogen) atoms. The van der Waals surface area contributed by atoms with Gasteiger partial charge in [0, 0.05) is 24.8 Å². The van der Waals surface area contributed by atoms with E-state index in [-0.39, 0.29) is 6.61 Å². The zero-order chi connectivity index (χ0) is 24.5. The fourth-order valence-corrected chi connectivity index (χ4v) is 5.56. The van der Waals surface area contributed by atoms with Crippen molar-refractivity contribution in [2.75, 3.05) is 23.0 Å². The highest BCUT2D eigenvalue weighted by Gasteiger charge is 2.41. The third-order valence-corrected chi connectivity index (χ3v) is 7.41. The first-order chi connectivity index (χ1) is 16.9. The molecule has 0 radical (unpaired) electrons. The second-order valence-electron chi connectivity index (χ2n) is 8.85. The van der Waals surface area contributed by atoms with Crippen LogP contribution in [-0.4, -0.2) is 55.1 Å². The topological polar surface area (TPSA) is 149 Å². The largest absolute Gasteiger partial charge is 0.399 e. The number of nitrogen functional groups attached to an aromatic ring is 1. The normalized spacial score (nSPS) is 21.9. The molecule has 4 atom stereocenters. The van der Waals surface area contributed by atoms with E-state index in [1.807, 2.05) is 55.5 Å². The maximum Gasteiger partial charge on any atom is 0.225 e. The van der Waals surface area contributed by atoms with Gasteiger partial charge < -0.3 is 31.7 Å². The van der Waals surface area contributed by atoms with Gasteiger partial charge in [0.2, 0.25) is 5.95 Å². The zero-order valence-corrected chi connectivity index (χ0v) is 20.0. The first kappa shape index (κ1) is 23.4. The van der Waals surface area contributed by atoms with Crippen molar-refractivity contribution in [2.45, 2.75) is 38.1 Å². The standard InChI is InChI=1S/C25H28N6O3S/c1-13-20(24-30-17-7-2-3-8-19(17)35-24)23(29-18-10-15(12-32)21(33)22(18)34)31-25(28-13)27-11-14-5-4-6-16(26)9-14/h2-9,15,18,21-22,32-34H,10-12,26H2,1H3,(H2,27,28,29,31). The molecule has 4 unspecified atom stereocenters. The molecule has 2 aromatic carbocycles. The summed E-state index contributed by atoms with van der Waals surface area (Å²) in [5.41, 5.74) is 9.93. The van der Waals surface area contributed by atoms with Crippen LogP contribution in [0.5, 0.6) is 0 Å². The summed E-state index contributed by atoms with van der Waals surface area (Å²) in [4.78, 5) is 14.2. The number of aryl methyl sites for hydroxylation is 1. The minimum Gasteiger partial charge on any atom is -0.399 e. The summed E-state index contributed by atoms with van der Waals surface area (Å²) in [7, 11) is 0. The molecule has 5 rings (SSSR count). The molecule has 1 aliphatic rings. The van der Waals surface area contributed by atoms with Gasteiger partial charge in [0.05, 0.1) is 33.6 Å². The fraction of sp³-hybridized carbons (Fsp3) is 0.320. The first-order valence-corrected chi connectivity index (χ1v) is 12.3. The minimum atomic E-state index is -1.03. The molecular weight excluding hydrogens is 464 g/mol. The predicted molar refractivity (Wildman–Crippen MR) is 138 cm³/mol. The van der Waals surface area contributed by atoms with Crippen LogP contribution >= 0.6 is 11.3 Å². The molecule has 2 aromatic heterocycles. The molecule has 7 N–H and O–H groups in total. The number of anilines is 3. The summed E-state index contributed by atoms with van der Waals surface area (Å²) in [6, 6.07) is 15.0. The van der Waals surface area contributed by atoms with Crippen LogP contribution in [0.25, 0.3) is 20.8 Å². The van der Waals surface area contributed by atoms with Gasteiger partial charge in [-0.2, -0.15) is 4.98 Å². The van der Waals surface area contributed by atoms with Gasteiger partial charge in [0.1, 0.15) is 16.9 Å². The van der Waals surface area contributed by atoms with Crippen molar-refractivity contribution >= 4 is 39.0 Å². The number of aliphatic hydroxyl groups is 3. The van der Waals surface area contributed by atoms with Crippen molar-refractivity contribution in [1.82, 2.24) is 15.0 Å². The highest BCUT2D eigenvalue weighted by atomic mass is 32.1. The van der Waals surface area contributed by atoms with Crippen molar-refractivity contribution < 1.29 is 15.3 Å². The van der Waals surface area contributed by atoms with Gasteiger partial charge in [-0.15, -0.1) is 11.3 Å². The molecule has 1 fully saturated rings. The number of aromatic nitrogens is 3. The number of nitrogens with two attached hydrogens (primary N) is 1. The number of benzene rings is 2. The SMILES string of the molecule is Cc1nc(NCc2cccc(N)c2)nc(NC2CC(CO)C(O)C2O)c1-c1nc2ccccc2s1. The Balaban J connectivity index is 1.51. The van der Waals surface area contributed by atoms with E-state index in [4.69, 9.17) is 15.7 Å².